The topological polar surface area (TPSA) is 66.8 Å². The van der Waals surface area contributed by atoms with Gasteiger partial charge in [0.25, 0.3) is 6.47 Å². The van der Waals surface area contributed by atoms with E-state index in [4.69, 9.17) is 10.0 Å². The highest BCUT2D eigenvalue weighted by Gasteiger charge is 2.14. The highest BCUT2D eigenvalue weighted by atomic mass is 16.5. The molecule has 0 atom stereocenters. The summed E-state index contributed by atoms with van der Waals surface area (Å²) in [7, 11) is -1.54. The van der Waals surface area contributed by atoms with E-state index in [1.807, 2.05) is 0 Å². The minimum atomic E-state index is -1.54. The zero-order chi connectivity index (χ0) is 9.68. The third-order valence-electron chi connectivity index (χ3n) is 1.64. The summed E-state index contributed by atoms with van der Waals surface area (Å²) in [5.74, 6) is 0. The van der Waals surface area contributed by atoms with E-state index >= 15 is 0 Å². The molecule has 0 bridgehead atoms. The summed E-state index contributed by atoms with van der Waals surface area (Å²) in [4.78, 5) is 9.91. The molecule has 1 aromatic rings. The second-order valence-corrected chi connectivity index (χ2v) is 2.48. The fourth-order valence-electron chi connectivity index (χ4n) is 1.04. The number of hydrogen-bond acceptors (Lipinski definition) is 4. The molecule has 4 nitrogen and oxygen atoms in total. The van der Waals surface area contributed by atoms with Crippen LogP contribution in [0.4, 0.5) is 0 Å². The van der Waals surface area contributed by atoms with Gasteiger partial charge in [-0.25, -0.2) is 0 Å². The molecule has 0 spiro atoms. The lowest BCUT2D eigenvalue weighted by Crippen LogP contribution is -2.33. The maximum absolute atomic E-state index is 9.91. The first-order valence-corrected chi connectivity index (χ1v) is 3.75. The van der Waals surface area contributed by atoms with Crippen molar-refractivity contribution in [1.29, 1.82) is 0 Å². The molecule has 68 valence electrons. The number of carbonyl (C=O) groups excluding carboxylic acids is 1. The van der Waals surface area contributed by atoms with Crippen LogP contribution >= 0.6 is 0 Å². The van der Waals surface area contributed by atoms with Gasteiger partial charge in [-0.05, 0) is 11.0 Å². The van der Waals surface area contributed by atoms with E-state index in [9.17, 15) is 4.79 Å². The van der Waals surface area contributed by atoms with E-state index in [1.165, 1.54) is 0 Å². The molecule has 0 heterocycles. The van der Waals surface area contributed by atoms with Crippen LogP contribution in [0.3, 0.4) is 0 Å². The molecule has 0 saturated heterocycles. The molecule has 0 saturated carbocycles. The number of hydrogen-bond donors (Lipinski definition) is 2. The van der Waals surface area contributed by atoms with Crippen molar-refractivity contribution in [2.45, 2.75) is 6.61 Å². The fourth-order valence-corrected chi connectivity index (χ4v) is 1.04. The monoisotopic (exact) mass is 180 g/mol. The normalized spacial score (nSPS) is 9.38. The van der Waals surface area contributed by atoms with Crippen molar-refractivity contribution in [1.82, 2.24) is 0 Å². The molecule has 0 fully saturated rings. The molecule has 1 aromatic carbocycles. The summed E-state index contributed by atoms with van der Waals surface area (Å²) in [6.45, 7) is 0.373. The van der Waals surface area contributed by atoms with Crippen LogP contribution in [-0.4, -0.2) is 23.6 Å². The average Bonchev–Trinajstić information content (AvgIpc) is 2.15. The Morgan fingerprint density at radius 3 is 2.69 bits per heavy atom. The predicted octanol–water partition coefficient (Wildman–Crippen LogP) is -0.961. The van der Waals surface area contributed by atoms with Gasteiger partial charge in [0.15, 0.2) is 0 Å². The van der Waals surface area contributed by atoms with Gasteiger partial charge in [0.05, 0.1) is 0 Å². The van der Waals surface area contributed by atoms with E-state index in [0.29, 0.717) is 17.5 Å². The number of rotatable bonds is 4. The zero-order valence-corrected chi connectivity index (χ0v) is 6.88. The molecule has 5 heteroatoms. The third-order valence-corrected chi connectivity index (χ3v) is 1.64. The van der Waals surface area contributed by atoms with Crippen LogP contribution in [0.25, 0.3) is 0 Å². The summed E-state index contributed by atoms with van der Waals surface area (Å²) in [6, 6.07) is 6.64. The van der Waals surface area contributed by atoms with Crippen molar-refractivity contribution in [3.63, 3.8) is 0 Å². The van der Waals surface area contributed by atoms with Crippen molar-refractivity contribution >= 4 is 19.1 Å². The quantitative estimate of drug-likeness (QED) is 0.462. The van der Waals surface area contributed by atoms with Crippen LogP contribution in [0.1, 0.15) is 5.56 Å². The van der Waals surface area contributed by atoms with E-state index in [-0.39, 0.29) is 6.61 Å². The molecule has 13 heavy (non-hydrogen) atoms. The Bertz CT molecular complexity index is 287. The Balaban J connectivity index is 2.84. The van der Waals surface area contributed by atoms with Crippen molar-refractivity contribution in [2.24, 2.45) is 0 Å². The SMILES string of the molecule is O=COCc1ccccc1B(O)O. The molecule has 0 aliphatic rings. The average molecular weight is 180 g/mol. The largest absolute Gasteiger partial charge is 0.488 e. The Morgan fingerprint density at radius 2 is 2.08 bits per heavy atom. The molecule has 2 N–H and O–H groups in total. The highest BCUT2D eigenvalue weighted by molar-refractivity contribution is 6.59. The van der Waals surface area contributed by atoms with Gasteiger partial charge in [-0.2, -0.15) is 0 Å². The van der Waals surface area contributed by atoms with Gasteiger partial charge in [0.2, 0.25) is 0 Å². The minimum Gasteiger partial charge on any atom is -0.463 e. The molecular formula is C8H9BO4. The first kappa shape index (κ1) is 9.76. The zero-order valence-electron chi connectivity index (χ0n) is 6.88. The van der Waals surface area contributed by atoms with Crippen molar-refractivity contribution in [2.75, 3.05) is 0 Å². The molecule has 1 rings (SSSR count). The van der Waals surface area contributed by atoms with E-state index in [2.05, 4.69) is 4.74 Å². The van der Waals surface area contributed by atoms with E-state index < -0.39 is 7.12 Å². The van der Waals surface area contributed by atoms with Gasteiger partial charge < -0.3 is 14.8 Å². The van der Waals surface area contributed by atoms with Crippen LogP contribution in [0.5, 0.6) is 0 Å². The predicted molar refractivity (Wildman–Crippen MR) is 47.1 cm³/mol. The Morgan fingerprint density at radius 1 is 1.38 bits per heavy atom. The van der Waals surface area contributed by atoms with Crippen LogP contribution < -0.4 is 5.46 Å². The van der Waals surface area contributed by atoms with E-state index in [0.717, 1.165) is 0 Å². The number of ether oxygens (including phenoxy) is 1. The molecular weight excluding hydrogens is 171 g/mol. The second-order valence-electron chi connectivity index (χ2n) is 2.48. The highest BCUT2D eigenvalue weighted by Crippen LogP contribution is 1.98. The standard InChI is InChI=1S/C8H9BO4/c10-6-13-5-7-3-1-2-4-8(7)9(11)12/h1-4,6,11-12H,5H2. The third kappa shape index (κ3) is 2.57. The molecule has 0 amide bonds. The summed E-state index contributed by atoms with van der Waals surface area (Å²) in [5, 5.41) is 17.8. The molecule has 0 aromatic heterocycles. The summed E-state index contributed by atoms with van der Waals surface area (Å²) in [6.07, 6.45) is 0. The Labute approximate surface area is 75.9 Å². The Kier molecular flexibility index (Phi) is 3.48. The summed E-state index contributed by atoms with van der Waals surface area (Å²) in [5.41, 5.74) is 0.939. The van der Waals surface area contributed by atoms with Gasteiger partial charge >= 0.3 is 7.12 Å². The Hall–Kier alpha value is -1.33. The molecule has 0 aliphatic carbocycles. The maximum Gasteiger partial charge on any atom is 0.488 e. The first-order chi connectivity index (χ1) is 6.25. The lowest BCUT2D eigenvalue weighted by molar-refractivity contribution is -0.129. The molecule has 0 radical (unpaired) electrons. The van der Waals surface area contributed by atoms with Crippen molar-refractivity contribution in [3.8, 4) is 0 Å². The lowest BCUT2D eigenvalue weighted by atomic mass is 9.77. The van der Waals surface area contributed by atoms with Crippen LogP contribution in [0, 0.1) is 0 Å². The van der Waals surface area contributed by atoms with Crippen LogP contribution in [0.2, 0.25) is 0 Å². The second kappa shape index (κ2) is 4.64. The van der Waals surface area contributed by atoms with Crippen molar-refractivity contribution < 1.29 is 19.6 Å². The molecule has 0 unspecified atom stereocenters. The minimum absolute atomic E-state index is 0.0529. The smallest absolute Gasteiger partial charge is 0.463 e. The number of benzene rings is 1. The first-order valence-electron chi connectivity index (χ1n) is 3.75. The van der Waals surface area contributed by atoms with Gasteiger partial charge in [-0.1, -0.05) is 24.3 Å². The van der Waals surface area contributed by atoms with Crippen LogP contribution in [0.15, 0.2) is 24.3 Å². The molecule has 0 aliphatic heterocycles. The van der Waals surface area contributed by atoms with Gasteiger partial charge in [0, 0.05) is 0 Å². The number of carbonyl (C=O) groups is 1. The van der Waals surface area contributed by atoms with E-state index in [1.54, 1.807) is 24.3 Å². The summed E-state index contributed by atoms with van der Waals surface area (Å²) >= 11 is 0. The van der Waals surface area contributed by atoms with Gasteiger partial charge in [-0.15, -0.1) is 0 Å². The maximum atomic E-state index is 9.91. The van der Waals surface area contributed by atoms with Crippen molar-refractivity contribution in [3.05, 3.63) is 29.8 Å². The summed E-state index contributed by atoms with van der Waals surface area (Å²) < 4.78 is 4.51. The van der Waals surface area contributed by atoms with Crippen LogP contribution in [-0.2, 0) is 16.1 Å². The fraction of sp³-hybridized carbons (Fsp3) is 0.125. The van der Waals surface area contributed by atoms with Gasteiger partial charge in [0.1, 0.15) is 6.61 Å². The van der Waals surface area contributed by atoms with Gasteiger partial charge in [-0.3, -0.25) is 4.79 Å². The lowest BCUT2D eigenvalue weighted by Gasteiger charge is -2.06.